The van der Waals surface area contributed by atoms with E-state index >= 15 is 0 Å². The molecular formula is C28H23O4P. The lowest BCUT2D eigenvalue weighted by Gasteiger charge is -2.30. The first-order valence-electron chi connectivity index (χ1n) is 10.6. The highest BCUT2D eigenvalue weighted by Gasteiger charge is 2.40. The summed E-state index contributed by atoms with van der Waals surface area (Å²) in [5, 5.41) is 1.13. The lowest BCUT2D eigenvalue weighted by Crippen LogP contribution is -2.26. The maximum absolute atomic E-state index is 14.6. The predicted molar refractivity (Wildman–Crippen MR) is 133 cm³/mol. The summed E-state index contributed by atoms with van der Waals surface area (Å²) in [6, 6.07) is 28.6. The second-order valence-electron chi connectivity index (χ2n) is 7.72. The van der Waals surface area contributed by atoms with Gasteiger partial charge in [-0.15, -0.1) is 0 Å². The topological polar surface area (TPSA) is 44.8 Å². The molecule has 164 valence electrons. The Labute approximate surface area is 193 Å². The molecule has 5 rings (SSSR count). The van der Waals surface area contributed by atoms with E-state index in [2.05, 4.69) is 6.58 Å². The van der Waals surface area contributed by atoms with Gasteiger partial charge in [0.2, 0.25) is 0 Å². The third kappa shape index (κ3) is 3.83. The molecule has 0 aliphatic carbocycles. The molecule has 33 heavy (non-hydrogen) atoms. The second-order valence-corrected chi connectivity index (χ2v) is 9.97. The smallest absolute Gasteiger partial charge is 0.311 e. The predicted octanol–water partition coefficient (Wildman–Crippen LogP) is 6.21. The largest absolute Gasteiger partial charge is 0.497 e. The zero-order valence-electron chi connectivity index (χ0n) is 18.2. The van der Waals surface area contributed by atoms with Crippen LogP contribution in [0.4, 0.5) is 0 Å². The highest BCUT2D eigenvalue weighted by Crippen LogP contribution is 2.55. The molecule has 0 aromatic heterocycles. The Morgan fingerprint density at radius 1 is 0.879 bits per heavy atom. The van der Waals surface area contributed by atoms with Gasteiger partial charge in [-0.1, -0.05) is 73.3 Å². The number of fused-ring (bicyclic) bond motifs is 3. The number of ether oxygens (including phenoxy) is 2. The zero-order valence-corrected chi connectivity index (χ0v) is 19.1. The maximum Gasteiger partial charge on any atom is 0.311 e. The lowest BCUT2D eigenvalue weighted by molar-refractivity contribution is 0.307. The molecule has 0 bridgehead atoms. The number of hydrogen-bond acceptors (Lipinski definition) is 4. The van der Waals surface area contributed by atoms with E-state index in [1.807, 2.05) is 72.8 Å². The minimum Gasteiger partial charge on any atom is -0.497 e. The van der Waals surface area contributed by atoms with Crippen LogP contribution in [0.3, 0.4) is 0 Å². The number of methoxy groups -OCH3 is 1. The normalized spacial score (nSPS) is 16.2. The fourth-order valence-electron chi connectivity index (χ4n) is 3.98. The summed E-state index contributed by atoms with van der Waals surface area (Å²) in [5.41, 5.74) is 3.86. The van der Waals surface area contributed by atoms with Gasteiger partial charge in [0, 0.05) is 5.56 Å². The fourth-order valence-corrected chi connectivity index (χ4v) is 6.39. The van der Waals surface area contributed by atoms with Gasteiger partial charge in [-0.2, -0.15) is 0 Å². The minimum atomic E-state index is -3.52. The van der Waals surface area contributed by atoms with E-state index in [1.165, 1.54) is 0 Å². The molecule has 0 saturated carbocycles. The zero-order chi connectivity index (χ0) is 22.8. The molecule has 0 N–H and O–H groups in total. The van der Waals surface area contributed by atoms with Crippen molar-refractivity contribution in [3.8, 4) is 28.4 Å². The van der Waals surface area contributed by atoms with Crippen molar-refractivity contribution in [3.05, 3.63) is 109 Å². The third-order valence-corrected chi connectivity index (χ3v) is 8.18. The Morgan fingerprint density at radius 2 is 1.61 bits per heavy atom. The number of hydrogen-bond donors (Lipinski definition) is 0. The van der Waals surface area contributed by atoms with E-state index in [9.17, 15) is 4.57 Å². The summed E-state index contributed by atoms with van der Waals surface area (Å²) < 4.78 is 32.5. The average Bonchev–Trinajstić information content (AvgIpc) is 2.88. The van der Waals surface area contributed by atoms with Crippen LogP contribution in [0.5, 0.6) is 17.2 Å². The van der Waals surface area contributed by atoms with E-state index in [1.54, 1.807) is 31.4 Å². The van der Waals surface area contributed by atoms with Crippen molar-refractivity contribution in [2.24, 2.45) is 0 Å². The summed E-state index contributed by atoms with van der Waals surface area (Å²) in [5.74, 6) is 1.68. The monoisotopic (exact) mass is 454 g/mol. The SMILES string of the molecule is C=Cc1ccc(COc2ccc(OC)cc2P2(=O)Oc3ccccc3-c3ccccc32)cc1. The quantitative estimate of drug-likeness (QED) is 0.325. The Bertz CT molecular complexity index is 1380. The van der Waals surface area contributed by atoms with Crippen molar-refractivity contribution in [1.29, 1.82) is 0 Å². The fraction of sp³-hybridized carbons (Fsp3) is 0.0714. The van der Waals surface area contributed by atoms with Gasteiger partial charge in [0.05, 0.1) is 17.7 Å². The summed E-state index contributed by atoms with van der Waals surface area (Å²) in [7, 11) is -1.93. The van der Waals surface area contributed by atoms with Crippen LogP contribution in [0.1, 0.15) is 11.1 Å². The van der Waals surface area contributed by atoms with Crippen LogP contribution in [0.25, 0.3) is 17.2 Å². The van der Waals surface area contributed by atoms with Crippen molar-refractivity contribution in [3.63, 3.8) is 0 Å². The van der Waals surface area contributed by atoms with Crippen molar-refractivity contribution >= 4 is 24.1 Å². The highest BCUT2D eigenvalue weighted by atomic mass is 31.2. The van der Waals surface area contributed by atoms with E-state index in [-0.39, 0.29) is 0 Å². The third-order valence-electron chi connectivity index (χ3n) is 5.72. The first kappa shape index (κ1) is 21.1. The Kier molecular flexibility index (Phi) is 5.53. The van der Waals surface area contributed by atoms with Crippen LogP contribution in [-0.4, -0.2) is 7.11 Å². The first-order chi connectivity index (χ1) is 16.1. The molecule has 0 saturated heterocycles. The van der Waals surface area contributed by atoms with Gasteiger partial charge < -0.3 is 14.0 Å². The van der Waals surface area contributed by atoms with Crippen LogP contribution < -0.4 is 24.6 Å². The van der Waals surface area contributed by atoms with Crippen LogP contribution in [-0.2, 0) is 11.2 Å². The molecule has 0 radical (unpaired) electrons. The van der Waals surface area contributed by atoms with Gasteiger partial charge in [0.15, 0.2) is 0 Å². The Morgan fingerprint density at radius 3 is 2.36 bits per heavy atom. The Balaban J connectivity index is 1.59. The molecule has 1 heterocycles. The second kappa shape index (κ2) is 8.65. The Hall–Kier alpha value is -3.75. The van der Waals surface area contributed by atoms with Crippen molar-refractivity contribution in [2.45, 2.75) is 6.61 Å². The van der Waals surface area contributed by atoms with Gasteiger partial charge in [-0.3, -0.25) is 4.57 Å². The van der Waals surface area contributed by atoms with Gasteiger partial charge >= 0.3 is 7.37 Å². The van der Waals surface area contributed by atoms with Gasteiger partial charge in [-0.25, -0.2) is 0 Å². The van der Waals surface area contributed by atoms with Crippen molar-refractivity contribution < 1.29 is 18.6 Å². The summed E-state index contributed by atoms with van der Waals surface area (Å²) in [6.45, 7) is 4.12. The molecule has 1 unspecified atom stereocenters. The highest BCUT2D eigenvalue weighted by molar-refractivity contribution is 7.75. The van der Waals surface area contributed by atoms with Crippen LogP contribution in [0, 0.1) is 0 Å². The molecule has 1 aliphatic rings. The lowest BCUT2D eigenvalue weighted by atomic mass is 10.0. The molecule has 4 aromatic rings. The molecular weight excluding hydrogens is 431 g/mol. The number of para-hydroxylation sites is 1. The molecule has 0 spiro atoms. The average molecular weight is 454 g/mol. The maximum atomic E-state index is 14.6. The van der Waals surface area contributed by atoms with E-state index in [0.29, 0.717) is 34.5 Å². The van der Waals surface area contributed by atoms with Gasteiger partial charge in [-0.05, 0) is 47.0 Å². The van der Waals surface area contributed by atoms with Crippen LogP contribution in [0.2, 0.25) is 0 Å². The summed E-state index contributed by atoms with van der Waals surface area (Å²) in [4.78, 5) is 0. The molecule has 1 aliphatic heterocycles. The van der Waals surface area contributed by atoms with E-state index < -0.39 is 7.37 Å². The van der Waals surface area contributed by atoms with Gasteiger partial charge in [0.1, 0.15) is 23.9 Å². The van der Waals surface area contributed by atoms with E-state index in [4.69, 9.17) is 14.0 Å². The summed E-state index contributed by atoms with van der Waals surface area (Å²) in [6.07, 6.45) is 1.80. The number of benzene rings is 4. The summed E-state index contributed by atoms with van der Waals surface area (Å²) >= 11 is 0. The van der Waals surface area contributed by atoms with Crippen LogP contribution >= 0.6 is 7.37 Å². The van der Waals surface area contributed by atoms with Crippen LogP contribution in [0.15, 0.2) is 97.6 Å². The van der Waals surface area contributed by atoms with Crippen molar-refractivity contribution in [2.75, 3.05) is 7.11 Å². The molecule has 4 nitrogen and oxygen atoms in total. The molecule has 5 heteroatoms. The molecule has 1 atom stereocenters. The molecule has 0 fully saturated rings. The minimum absolute atomic E-state index is 0.328. The number of rotatable bonds is 6. The first-order valence-corrected chi connectivity index (χ1v) is 12.3. The van der Waals surface area contributed by atoms with Gasteiger partial charge in [0.25, 0.3) is 0 Å². The van der Waals surface area contributed by atoms with Crippen molar-refractivity contribution in [1.82, 2.24) is 0 Å². The van der Waals surface area contributed by atoms with E-state index in [0.717, 1.165) is 22.3 Å². The standard InChI is InChI=1S/C28H23O4P/c1-3-20-12-14-21(15-13-20)19-31-26-17-16-22(30-2)18-28(26)33(29)27-11-7-5-9-24(27)23-8-4-6-10-25(23)32-33/h3-18H,1,19H2,2H3. The molecule has 4 aromatic carbocycles. The molecule has 0 amide bonds.